The highest BCUT2D eigenvalue weighted by Crippen LogP contribution is 2.33. The number of aryl methyl sites for hydroxylation is 2. The number of hydrogen-bond donors (Lipinski definition) is 3. The molecule has 11 heteroatoms. The van der Waals surface area contributed by atoms with Crippen molar-refractivity contribution >= 4 is 11.6 Å². The van der Waals surface area contributed by atoms with Crippen molar-refractivity contribution in [3.05, 3.63) is 76.7 Å². The zero-order valence-electron chi connectivity index (χ0n) is 22.0. The minimum Gasteiger partial charge on any atom is -0.393 e. The number of aliphatic hydroxyl groups is 1. The molecule has 206 valence electrons. The van der Waals surface area contributed by atoms with Crippen LogP contribution in [0, 0.1) is 13.8 Å². The fourth-order valence-corrected chi connectivity index (χ4v) is 4.84. The SMILES string of the molecule is Cc1ccc(C(=O)Nc2cc(CN3CCC(O)CC3)cc(C(F)(F)F)c2)cc1-n1cc(-c2cnn(C)c2C)[nH]1. The number of nitrogens with zero attached hydrogens (tertiary/aromatic N) is 4. The second-order valence-corrected chi connectivity index (χ2v) is 10.2. The molecule has 5 rings (SSSR count). The Kier molecular flexibility index (Phi) is 7.13. The molecule has 8 nitrogen and oxygen atoms in total. The van der Waals surface area contributed by atoms with Crippen LogP contribution >= 0.6 is 0 Å². The predicted molar refractivity (Wildman–Crippen MR) is 142 cm³/mol. The molecule has 39 heavy (non-hydrogen) atoms. The van der Waals surface area contributed by atoms with Gasteiger partial charge in [0.2, 0.25) is 0 Å². The molecule has 2 aromatic carbocycles. The summed E-state index contributed by atoms with van der Waals surface area (Å²) in [5, 5.41) is 19.9. The standard InChI is InChI=1S/C28H31F3N6O2/c1-17-4-5-20(12-26(17)37-16-25(34-37)24-14-32-35(3)18(24)2)27(39)33-22-11-19(10-21(13-22)28(29,30)31)15-36-8-6-23(38)7-9-36/h4-5,10-14,16,23,34,38H,6-9,15H2,1-3H3,(H,33,39). The number of carbonyl (C=O) groups excluding carboxylic acids is 1. The second kappa shape index (κ2) is 10.4. The summed E-state index contributed by atoms with van der Waals surface area (Å²) in [6.45, 7) is 5.40. The molecule has 0 saturated carbocycles. The number of aliphatic hydroxyl groups excluding tert-OH is 1. The highest BCUT2D eigenvalue weighted by atomic mass is 19.4. The number of carbonyl (C=O) groups is 1. The van der Waals surface area contributed by atoms with Gasteiger partial charge in [-0.2, -0.15) is 18.3 Å². The van der Waals surface area contributed by atoms with Crippen molar-refractivity contribution in [2.45, 2.75) is 45.5 Å². The van der Waals surface area contributed by atoms with E-state index in [1.807, 2.05) is 32.0 Å². The summed E-state index contributed by atoms with van der Waals surface area (Å²) in [5.74, 6) is -0.504. The maximum Gasteiger partial charge on any atom is 0.416 e. The van der Waals surface area contributed by atoms with Crippen molar-refractivity contribution in [3.63, 3.8) is 0 Å². The minimum absolute atomic E-state index is 0.0836. The largest absolute Gasteiger partial charge is 0.416 e. The number of amides is 1. The van der Waals surface area contributed by atoms with Gasteiger partial charge in [0.25, 0.3) is 5.91 Å². The lowest BCUT2D eigenvalue weighted by molar-refractivity contribution is -0.137. The summed E-state index contributed by atoms with van der Waals surface area (Å²) in [7, 11) is 1.87. The van der Waals surface area contributed by atoms with Crippen LogP contribution in [0.3, 0.4) is 0 Å². The molecule has 3 N–H and O–H groups in total. The molecule has 0 atom stereocenters. The number of halogens is 3. The van der Waals surface area contributed by atoms with Crippen molar-refractivity contribution in [1.29, 1.82) is 0 Å². The quantitative estimate of drug-likeness (QED) is 0.319. The Balaban J connectivity index is 1.36. The molecule has 0 radical (unpaired) electrons. The summed E-state index contributed by atoms with van der Waals surface area (Å²) in [4.78, 5) is 15.2. The zero-order chi connectivity index (χ0) is 27.9. The van der Waals surface area contributed by atoms with Gasteiger partial charge in [0.05, 0.1) is 35.4 Å². The molecule has 1 aliphatic rings. The van der Waals surface area contributed by atoms with Crippen LogP contribution in [-0.4, -0.2) is 54.7 Å². The topological polar surface area (TPSA) is 91.1 Å². The van der Waals surface area contributed by atoms with Gasteiger partial charge >= 0.3 is 6.18 Å². The first-order valence-corrected chi connectivity index (χ1v) is 12.8. The van der Waals surface area contributed by atoms with Crippen LogP contribution in [0.1, 0.15) is 45.6 Å². The molecule has 0 spiro atoms. The first kappa shape index (κ1) is 26.8. The van der Waals surface area contributed by atoms with E-state index in [9.17, 15) is 23.1 Å². The lowest BCUT2D eigenvalue weighted by atomic mass is 10.0. The molecule has 4 aromatic rings. The van der Waals surface area contributed by atoms with Crippen LogP contribution < -0.4 is 5.32 Å². The number of aromatic nitrogens is 4. The monoisotopic (exact) mass is 540 g/mol. The summed E-state index contributed by atoms with van der Waals surface area (Å²) in [5.41, 5.74) is 4.60. The first-order chi connectivity index (χ1) is 18.5. The van der Waals surface area contributed by atoms with Crippen LogP contribution in [0.4, 0.5) is 18.9 Å². The van der Waals surface area contributed by atoms with Crippen molar-refractivity contribution in [3.8, 4) is 16.9 Å². The Bertz CT molecular complexity index is 1480. The zero-order valence-corrected chi connectivity index (χ0v) is 22.0. The molecule has 0 bridgehead atoms. The number of H-pyrrole nitrogens is 1. The Morgan fingerprint density at radius 1 is 1.15 bits per heavy atom. The summed E-state index contributed by atoms with van der Waals surface area (Å²) in [6.07, 6.45) is -0.0621. The van der Waals surface area contributed by atoms with Gasteiger partial charge < -0.3 is 10.4 Å². The van der Waals surface area contributed by atoms with Crippen molar-refractivity contribution in [2.24, 2.45) is 7.05 Å². The van der Waals surface area contributed by atoms with E-state index in [0.29, 0.717) is 43.6 Å². The Labute approximate surface area is 224 Å². The summed E-state index contributed by atoms with van der Waals surface area (Å²) >= 11 is 0. The fraction of sp³-hybridized carbons (Fsp3) is 0.357. The second-order valence-electron chi connectivity index (χ2n) is 10.2. The average molecular weight is 541 g/mol. The number of benzene rings is 2. The number of likely N-dealkylation sites (tertiary alicyclic amines) is 1. The van der Waals surface area contributed by atoms with Gasteiger partial charge in [0.1, 0.15) is 0 Å². The van der Waals surface area contributed by atoms with E-state index in [4.69, 9.17) is 0 Å². The smallest absolute Gasteiger partial charge is 0.393 e. The van der Waals surface area contributed by atoms with E-state index in [-0.39, 0.29) is 11.8 Å². The molecule has 0 aliphatic carbocycles. The molecule has 3 heterocycles. The highest BCUT2D eigenvalue weighted by molar-refractivity contribution is 6.04. The van der Waals surface area contributed by atoms with Crippen LogP contribution in [0.25, 0.3) is 16.9 Å². The summed E-state index contributed by atoms with van der Waals surface area (Å²) < 4.78 is 44.6. The van der Waals surface area contributed by atoms with E-state index in [1.165, 1.54) is 0 Å². The van der Waals surface area contributed by atoms with E-state index >= 15 is 0 Å². The minimum atomic E-state index is -4.55. The number of anilines is 1. The molecule has 0 unspecified atom stereocenters. The number of aromatic amines is 1. The molecule has 2 aromatic heterocycles. The molecule has 1 amide bonds. The van der Waals surface area contributed by atoms with E-state index in [1.54, 1.807) is 39.8 Å². The average Bonchev–Trinajstić information content (AvgIpc) is 3.18. The normalized spacial score (nSPS) is 15.2. The van der Waals surface area contributed by atoms with Crippen LogP contribution in [0.2, 0.25) is 0 Å². The van der Waals surface area contributed by atoms with E-state index in [2.05, 4.69) is 15.5 Å². The van der Waals surface area contributed by atoms with Crippen LogP contribution in [0.15, 0.2) is 48.8 Å². The van der Waals surface area contributed by atoms with Gasteiger partial charge in [0, 0.05) is 49.2 Å². The first-order valence-electron chi connectivity index (χ1n) is 12.8. The van der Waals surface area contributed by atoms with Crippen molar-refractivity contribution in [2.75, 3.05) is 18.4 Å². The number of rotatable bonds is 6. The van der Waals surface area contributed by atoms with E-state index in [0.717, 1.165) is 40.3 Å². The third-order valence-electron chi connectivity index (χ3n) is 7.30. The van der Waals surface area contributed by atoms with Gasteiger partial charge in [-0.05, 0) is 68.1 Å². The predicted octanol–water partition coefficient (Wildman–Crippen LogP) is 5.05. The molecule has 1 saturated heterocycles. The number of nitrogens with one attached hydrogen (secondary N) is 2. The van der Waals surface area contributed by atoms with Crippen molar-refractivity contribution in [1.82, 2.24) is 24.5 Å². The Morgan fingerprint density at radius 3 is 2.51 bits per heavy atom. The third kappa shape index (κ3) is 5.79. The molecular formula is C28H31F3N6O2. The maximum absolute atomic E-state index is 13.7. The fourth-order valence-electron chi connectivity index (χ4n) is 4.84. The maximum atomic E-state index is 13.7. The van der Waals surface area contributed by atoms with Crippen LogP contribution in [0.5, 0.6) is 0 Å². The number of hydrogen-bond acceptors (Lipinski definition) is 4. The van der Waals surface area contributed by atoms with Gasteiger partial charge in [-0.1, -0.05) is 6.07 Å². The van der Waals surface area contributed by atoms with Gasteiger partial charge in [-0.3, -0.25) is 24.2 Å². The summed E-state index contributed by atoms with van der Waals surface area (Å²) in [6, 6.07) is 8.81. The Hall–Kier alpha value is -3.83. The van der Waals surface area contributed by atoms with Gasteiger partial charge in [-0.15, -0.1) is 0 Å². The third-order valence-corrected chi connectivity index (χ3v) is 7.30. The van der Waals surface area contributed by atoms with Gasteiger partial charge in [-0.25, -0.2) is 0 Å². The number of alkyl halides is 3. The van der Waals surface area contributed by atoms with Crippen LogP contribution in [-0.2, 0) is 19.8 Å². The lowest BCUT2D eigenvalue weighted by Crippen LogP contribution is -2.35. The highest BCUT2D eigenvalue weighted by Gasteiger charge is 2.32. The van der Waals surface area contributed by atoms with Gasteiger partial charge in [0.15, 0.2) is 0 Å². The molecule has 1 aliphatic heterocycles. The number of piperidine rings is 1. The molecule has 1 fully saturated rings. The lowest BCUT2D eigenvalue weighted by Gasteiger charge is -2.29. The van der Waals surface area contributed by atoms with E-state index < -0.39 is 17.6 Å². The van der Waals surface area contributed by atoms with Crippen molar-refractivity contribution < 1.29 is 23.1 Å². The molecular weight excluding hydrogens is 509 g/mol. The Morgan fingerprint density at radius 2 is 1.87 bits per heavy atom.